The Kier molecular flexibility index (Phi) is 5.29. The number of carbonyl (C=O) groups is 1. The van der Waals surface area contributed by atoms with Crippen LogP contribution in [0, 0.1) is 0 Å². The van der Waals surface area contributed by atoms with Crippen molar-refractivity contribution in [3.63, 3.8) is 0 Å². The Hall–Kier alpha value is -3.22. The van der Waals surface area contributed by atoms with Crippen LogP contribution in [0.5, 0.6) is 0 Å². The number of nitrogens with one attached hydrogen (secondary N) is 1. The summed E-state index contributed by atoms with van der Waals surface area (Å²) in [5, 5.41) is 11.9. The molecule has 148 valence electrons. The molecule has 2 aromatic heterocycles. The first-order valence-electron chi connectivity index (χ1n) is 9.40. The van der Waals surface area contributed by atoms with E-state index in [-0.39, 0.29) is 11.9 Å². The van der Waals surface area contributed by atoms with Gasteiger partial charge in [0.2, 0.25) is 0 Å². The summed E-state index contributed by atoms with van der Waals surface area (Å²) in [4.78, 5) is 20.0. The van der Waals surface area contributed by atoms with Crippen LogP contribution >= 0.6 is 0 Å². The van der Waals surface area contributed by atoms with E-state index in [9.17, 15) is 9.90 Å². The zero-order valence-corrected chi connectivity index (χ0v) is 16.3. The number of ether oxygens (including phenoxy) is 2. The number of aromatic nitrogens is 2. The van der Waals surface area contributed by atoms with Gasteiger partial charge >= 0.3 is 5.97 Å². The van der Waals surface area contributed by atoms with Crippen molar-refractivity contribution in [3.05, 3.63) is 65.9 Å². The third kappa shape index (κ3) is 3.48. The molecule has 0 spiro atoms. The number of fused-ring (bicyclic) bond motifs is 3. The number of nitrogens with zero attached hydrogens (tertiary/aromatic N) is 1. The van der Waals surface area contributed by atoms with Gasteiger partial charge in [0.25, 0.3) is 0 Å². The maximum Gasteiger partial charge on any atom is 0.336 e. The number of aromatic amines is 1. The monoisotopic (exact) mass is 390 g/mol. The molecule has 6 nitrogen and oxygen atoms in total. The number of methoxy groups -OCH3 is 2. The van der Waals surface area contributed by atoms with Gasteiger partial charge in [0.15, 0.2) is 6.29 Å². The molecule has 0 unspecified atom stereocenters. The third-order valence-corrected chi connectivity index (χ3v) is 5.22. The molecule has 2 heterocycles. The van der Waals surface area contributed by atoms with Crippen molar-refractivity contribution in [1.29, 1.82) is 0 Å². The lowest BCUT2D eigenvalue weighted by atomic mass is 9.93. The maximum absolute atomic E-state index is 12.0. The number of carboxylic acid groups (broad SMARTS) is 1. The van der Waals surface area contributed by atoms with Crippen LogP contribution < -0.4 is 0 Å². The van der Waals surface area contributed by atoms with E-state index in [2.05, 4.69) is 9.97 Å². The van der Waals surface area contributed by atoms with Crippen molar-refractivity contribution in [2.45, 2.75) is 19.1 Å². The second kappa shape index (κ2) is 8.03. The van der Waals surface area contributed by atoms with E-state index in [4.69, 9.17) is 9.47 Å². The Morgan fingerprint density at radius 2 is 1.86 bits per heavy atom. The molecule has 4 rings (SSSR count). The highest BCUT2D eigenvalue weighted by Crippen LogP contribution is 2.35. The van der Waals surface area contributed by atoms with Crippen LogP contribution in [0.2, 0.25) is 0 Å². The van der Waals surface area contributed by atoms with Gasteiger partial charge in [-0.3, -0.25) is 4.98 Å². The molecule has 0 aliphatic heterocycles. The van der Waals surface area contributed by atoms with Crippen LogP contribution in [0.4, 0.5) is 0 Å². The van der Waals surface area contributed by atoms with Gasteiger partial charge < -0.3 is 19.6 Å². The largest absolute Gasteiger partial charge is 0.478 e. The zero-order valence-electron chi connectivity index (χ0n) is 16.3. The van der Waals surface area contributed by atoms with E-state index in [1.807, 2.05) is 36.4 Å². The van der Waals surface area contributed by atoms with Crippen LogP contribution in [0.25, 0.3) is 33.1 Å². The van der Waals surface area contributed by atoms with Crippen molar-refractivity contribution < 1.29 is 19.4 Å². The molecule has 4 aromatic rings. The second-order valence-corrected chi connectivity index (χ2v) is 6.84. The van der Waals surface area contributed by atoms with Crippen LogP contribution in [-0.4, -0.2) is 41.6 Å². The van der Waals surface area contributed by atoms with Crippen molar-refractivity contribution in [2.75, 3.05) is 14.2 Å². The number of hydrogen-bond acceptors (Lipinski definition) is 4. The summed E-state index contributed by atoms with van der Waals surface area (Å²) in [6.45, 7) is 0. The number of aryl methyl sites for hydroxylation is 1. The topological polar surface area (TPSA) is 84.4 Å². The van der Waals surface area contributed by atoms with Crippen LogP contribution in [0.1, 0.15) is 22.3 Å². The SMILES string of the molecule is COC(CCc1cccc(C(=O)O)c1-c1nccc2c1[nH]c1ccccc12)OC. The zero-order chi connectivity index (χ0) is 20.4. The number of rotatable bonds is 7. The second-order valence-electron chi connectivity index (χ2n) is 6.84. The number of pyridine rings is 1. The molecule has 0 saturated carbocycles. The van der Waals surface area contributed by atoms with E-state index in [0.29, 0.717) is 24.1 Å². The Morgan fingerprint density at radius 1 is 1.07 bits per heavy atom. The number of carboxylic acids is 1. The van der Waals surface area contributed by atoms with Gasteiger partial charge in [-0.1, -0.05) is 30.3 Å². The summed E-state index contributed by atoms with van der Waals surface area (Å²) in [5.41, 5.74) is 4.21. The normalized spacial score (nSPS) is 11.6. The van der Waals surface area contributed by atoms with Gasteiger partial charge in [0.1, 0.15) is 0 Å². The highest BCUT2D eigenvalue weighted by atomic mass is 16.7. The van der Waals surface area contributed by atoms with Gasteiger partial charge in [-0.25, -0.2) is 4.79 Å². The molecule has 6 heteroatoms. The number of aromatic carboxylic acids is 1. The molecule has 0 amide bonds. The molecule has 0 bridgehead atoms. The number of H-pyrrole nitrogens is 1. The standard InChI is InChI=1S/C23H22N2O4/c1-28-19(29-2)11-10-14-6-5-8-17(23(26)27)20(14)22-21-16(12-13-24-22)15-7-3-4-9-18(15)25-21/h3-9,12-13,19,25H,10-11H2,1-2H3,(H,26,27). The summed E-state index contributed by atoms with van der Waals surface area (Å²) in [5.74, 6) is -0.980. The number of hydrogen-bond donors (Lipinski definition) is 2. The van der Waals surface area contributed by atoms with E-state index in [0.717, 1.165) is 27.4 Å². The maximum atomic E-state index is 12.0. The summed E-state index contributed by atoms with van der Waals surface area (Å²) >= 11 is 0. The van der Waals surface area contributed by atoms with Gasteiger partial charge in [-0.2, -0.15) is 0 Å². The molecule has 0 atom stereocenters. The van der Waals surface area contributed by atoms with Gasteiger partial charge in [0, 0.05) is 48.7 Å². The average Bonchev–Trinajstić information content (AvgIpc) is 3.13. The predicted molar refractivity (Wildman–Crippen MR) is 112 cm³/mol. The molecular weight excluding hydrogens is 368 g/mol. The lowest BCUT2D eigenvalue weighted by Gasteiger charge is -2.16. The van der Waals surface area contributed by atoms with Crippen molar-refractivity contribution >= 4 is 27.8 Å². The predicted octanol–water partition coefficient (Wildman–Crippen LogP) is 4.63. The summed E-state index contributed by atoms with van der Waals surface area (Å²) in [6.07, 6.45) is 2.58. The fraction of sp³-hybridized carbons (Fsp3) is 0.217. The summed E-state index contributed by atoms with van der Waals surface area (Å²) < 4.78 is 10.6. The van der Waals surface area contributed by atoms with E-state index in [1.54, 1.807) is 32.5 Å². The minimum Gasteiger partial charge on any atom is -0.478 e. The van der Waals surface area contributed by atoms with E-state index < -0.39 is 5.97 Å². The number of para-hydroxylation sites is 1. The van der Waals surface area contributed by atoms with Crippen molar-refractivity contribution in [2.24, 2.45) is 0 Å². The van der Waals surface area contributed by atoms with E-state index >= 15 is 0 Å². The average molecular weight is 390 g/mol. The highest BCUT2D eigenvalue weighted by Gasteiger charge is 2.21. The van der Waals surface area contributed by atoms with Gasteiger partial charge in [-0.05, 0) is 30.2 Å². The highest BCUT2D eigenvalue weighted by molar-refractivity contribution is 6.12. The first-order chi connectivity index (χ1) is 14.1. The molecule has 2 aromatic carbocycles. The van der Waals surface area contributed by atoms with Gasteiger partial charge in [-0.15, -0.1) is 0 Å². The smallest absolute Gasteiger partial charge is 0.336 e. The lowest BCUT2D eigenvalue weighted by Crippen LogP contribution is -2.14. The lowest BCUT2D eigenvalue weighted by molar-refractivity contribution is -0.105. The number of benzene rings is 2. The minimum absolute atomic E-state index is 0.229. The molecule has 2 N–H and O–H groups in total. The van der Waals surface area contributed by atoms with Crippen LogP contribution in [0.3, 0.4) is 0 Å². The Labute approximate surface area is 168 Å². The Balaban J connectivity index is 1.92. The minimum atomic E-state index is -0.980. The fourth-order valence-electron chi connectivity index (χ4n) is 3.84. The molecule has 0 radical (unpaired) electrons. The Morgan fingerprint density at radius 3 is 2.62 bits per heavy atom. The van der Waals surface area contributed by atoms with E-state index in [1.165, 1.54) is 0 Å². The first kappa shape index (κ1) is 19.1. The van der Waals surface area contributed by atoms with Crippen molar-refractivity contribution in [1.82, 2.24) is 9.97 Å². The summed E-state index contributed by atoms with van der Waals surface area (Å²) in [7, 11) is 3.19. The molecule has 0 aliphatic carbocycles. The molecule has 0 saturated heterocycles. The molecular formula is C23H22N2O4. The quantitative estimate of drug-likeness (QED) is 0.449. The van der Waals surface area contributed by atoms with Crippen LogP contribution in [0.15, 0.2) is 54.7 Å². The fourth-order valence-corrected chi connectivity index (χ4v) is 3.84. The van der Waals surface area contributed by atoms with Crippen LogP contribution in [-0.2, 0) is 15.9 Å². The van der Waals surface area contributed by atoms with Crippen molar-refractivity contribution in [3.8, 4) is 11.3 Å². The Bertz CT molecular complexity index is 1180. The first-order valence-corrected chi connectivity index (χ1v) is 9.40. The molecule has 0 fully saturated rings. The molecule has 0 aliphatic rings. The third-order valence-electron chi connectivity index (χ3n) is 5.22. The van der Waals surface area contributed by atoms with Gasteiger partial charge in [0.05, 0.1) is 16.8 Å². The molecule has 29 heavy (non-hydrogen) atoms. The summed E-state index contributed by atoms with van der Waals surface area (Å²) in [6, 6.07) is 15.3.